The molecule has 1 amide bonds. The average molecular weight is 597 g/mol. The number of nitrogens with zero attached hydrogens (tertiary/aromatic N) is 3. The van der Waals surface area contributed by atoms with Gasteiger partial charge in [0, 0.05) is 19.1 Å². The summed E-state index contributed by atoms with van der Waals surface area (Å²) in [6.45, 7) is 1.60. The molecule has 0 spiro atoms. The van der Waals surface area contributed by atoms with Crippen molar-refractivity contribution in [2.45, 2.75) is 56.2 Å². The van der Waals surface area contributed by atoms with Crippen LogP contribution in [0.15, 0.2) is 30.6 Å². The summed E-state index contributed by atoms with van der Waals surface area (Å²) >= 11 is 0. The first-order valence-electron chi connectivity index (χ1n) is 12.3. The van der Waals surface area contributed by atoms with Gasteiger partial charge in [0.05, 0.1) is 11.1 Å². The molecule has 2 heterocycles. The van der Waals surface area contributed by atoms with E-state index in [1.165, 1.54) is 18.5 Å². The number of aliphatic carboxylic acids is 1. The van der Waals surface area contributed by atoms with Gasteiger partial charge in [0.2, 0.25) is 5.82 Å². The number of amides is 1. The van der Waals surface area contributed by atoms with E-state index in [0.29, 0.717) is 31.5 Å². The normalized spacial score (nSPS) is 16.7. The van der Waals surface area contributed by atoms with E-state index in [2.05, 4.69) is 25.9 Å². The molecule has 226 valence electrons. The molecule has 2 aliphatic rings. The number of nitrogens with one attached hydrogen (secondary N) is 3. The summed E-state index contributed by atoms with van der Waals surface area (Å²) < 4.78 is 85.8. The fourth-order valence-electron chi connectivity index (χ4n) is 4.17. The molecule has 1 aromatic carbocycles. The number of piperidine rings is 1. The molecular formula is C24H27F7N6O4. The summed E-state index contributed by atoms with van der Waals surface area (Å²) in [5, 5.41) is 25.0. The average Bonchev–Trinajstić information content (AvgIpc) is 3.72. The molecule has 1 aliphatic carbocycles. The lowest BCUT2D eigenvalue weighted by Crippen LogP contribution is -2.58. The number of carboxylic acids is 1. The highest BCUT2D eigenvalue weighted by Gasteiger charge is 2.38. The summed E-state index contributed by atoms with van der Waals surface area (Å²) in [6, 6.07) is 4.82. The van der Waals surface area contributed by atoms with Gasteiger partial charge in [0.15, 0.2) is 11.6 Å². The first-order chi connectivity index (χ1) is 19.1. The number of hydrogen-bond donors (Lipinski definition) is 5. The van der Waals surface area contributed by atoms with Crippen molar-refractivity contribution in [2.24, 2.45) is 0 Å². The number of alkyl halides is 6. The Hall–Kier alpha value is -3.89. The number of aromatic nitrogens is 2. The van der Waals surface area contributed by atoms with Crippen molar-refractivity contribution in [3.63, 3.8) is 0 Å². The highest BCUT2D eigenvalue weighted by atomic mass is 19.4. The maximum atomic E-state index is 15.4. The van der Waals surface area contributed by atoms with Crippen molar-refractivity contribution in [1.82, 2.24) is 20.6 Å². The smallest absolute Gasteiger partial charge is 0.475 e. The number of halogens is 7. The van der Waals surface area contributed by atoms with E-state index in [0.717, 1.165) is 25.0 Å². The lowest BCUT2D eigenvalue weighted by atomic mass is 9.88. The minimum atomic E-state index is -5.08. The molecular weight excluding hydrogens is 569 g/mol. The quantitative estimate of drug-likeness (QED) is 0.283. The molecule has 17 heteroatoms. The van der Waals surface area contributed by atoms with Crippen LogP contribution in [0, 0.1) is 5.82 Å². The van der Waals surface area contributed by atoms with Crippen molar-refractivity contribution < 1.29 is 50.5 Å². The number of carboxylic acid groups (broad SMARTS) is 2. The predicted molar refractivity (Wildman–Crippen MR) is 131 cm³/mol. The molecule has 41 heavy (non-hydrogen) atoms. The Morgan fingerprint density at radius 1 is 1.02 bits per heavy atom. The highest BCUT2D eigenvalue weighted by Crippen LogP contribution is 2.35. The van der Waals surface area contributed by atoms with Gasteiger partial charge >= 0.3 is 24.4 Å². The van der Waals surface area contributed by atoms with Gasteiger partial charge in [-0.1, -0.05) is 12.1 Å². The summed E-state index contributed by atoms with van der Waals surface area (Å²) in [7, 11) is 0. The molecule has 0 radical (unpaired) electrons. The van der Waals surface area contributed by atoms with Gasteiger partial charge in [-0.2, -0.15) is 30.7 Å². The van der Waals surface area contributed by atoms with Gasteiger partial charge in [0.25, 0.3) is 0 Å². The van der Waals surface area contributed by atoms with E-state index in [9.17, 15) is 36.2 Å². The largest absolute Gasteiger partial charge is 0.490 e. The van der Waals surface area contributed by atoms with Crippen LogP contribution in [0.25, 0.3) is 0 Å². The molecule has 4 rings (SSSR count). The van der Waals surface area contributed by atoms with E-state index < -0.39 is 41.3 Å². The van der Waals surface area contributed by atoms with Crippen LogP contribution in [0.4, 0.5) is 47.2 Å². The molecule has 1 saturated carbocycles. The second-order valence-corrected chi connectivity index (χ2v) is 9.53. The summed E-state index contributed by atoms with van der Waals surface area (Å²) in [5.74, 6) is -3.42. The van der Waals surface area contributed by atoms with Crippen LogP contribution in [0.1, 0.15) is 36.8 Å². The Labute approximate surface area is 229 Å². The van der Waals surface area contributed by atoms with E-state index >= 15 is 4.39 Å². The zero-order chi connectivity index (χ0) is 30.4. The first-order valence-corrected chi connectivity index (χ1v) is 12.3. The van der Waals surface area contributed by atoms with Crippen LogP contribution >= 0.6 is 0 Å². The maximum Gasteiger partial charge on any atom is 0.490 e. The van der Waals surface area contributed by atoms with E-state index in [-0.39, 0.29) is 30.8 Å². The zero-order valence-corrected chi connectivity index (χ0v) is 21.3. The topological polar surface area (TPSA) is 140 Å². The van der Waals surface area contributed by atoms with E-state index in [1.54, 1.807) is 4.90 Å². The van der Waals surface area contributed by atoms with Crippen molar-refractivity contribution in [1.29, 1.82) is 0 Å². The molecule has 0 bridgehead atoms. The van der Waals surface area contributed by atoms with Crippen molar-refractivity contribution >= 4 is 23.7 Å². The van der Waals surface area contributed by atoms with Crippen LogP contribution in [-0.4, -0.2) is 69.6 Å². The van der Waals surface area contributed by atoms with E-state index in [1.807, 2.05) is 0 Å². The molecule has 2 fully saturated rings. The van der Waals surface area contributed by atoms with Crippen LogP contribution < -0.4 is 20.9 Å². The number of carbonyl (C=O) groups is 2. The third kappa shape index (κ3) is 9.06. The van der Waals surface area contributed by atoms with Crippen LogP contribution in [0.3, 0.4) is 0 Å². The molecule has 1 aromatic heterocycles. The van der Waals surface area contributed by atoms with Crippen LogP contribution in [-0.2, 0) is 17.5 Å². The SMILES string of the molecule is O=C(O)C(F)(F)F.O=C(O)NC1(CNc2ncnc(N(Cc3ccc(C(F)(F)F)cc3)C3CC3)c2F)CCNCC1. The summed E-state index contributed by atoms with van der Waals surface area (Å²) in [4.78, 5) is 30.0. The van der Waals surface area contributed by atoms with Gasteiger partial charge in [-0.15, -0.1) is 0 Å². The molecule has 1 saturated heterocycles. The Morgan fingerprint density at radius 3 is 2.10 bits per heavy atom. The Morgan fingerprint density at radius 2 is 1.61 bits per heavy atom. The van der Waals surface area contributed by atoms with Crippen molar-refractivity contribution in [2.75, 3.05) is 29.9 Å². The first kappa shape index (κ1) is 31.6. The van der Waals surface area contributed by atoms with Crippen molar-refractivity contribution in [3.8, 4) is 0 Å². The fourth-order valence-corrected chi connectivity index (χ4v) is 4.17. The molecule has 0 atom stereocenters. The summed E-state index contributed by atoms with van der Waals surface area (Å²) in [6.07, 6.45) is -6.71. The Kier molecular flexibility index (Phi) is 9.83. The number of anilines is 2. The molecule has 0 unspecified atom stereocenters. The number of benzene rings is 1. The molecule has 5 N–H and O–H groups in total. The van der Waals surface area contributed by atoms with Gasteiger partial charge < -0.3 is 31.1 Å². The molecule has 10 nitrogen and oxygen atoms in total. The third-order valence-electron chi connectivity index (χ3n) is 6.43. The lowest BCUT2D eigenvalue weighted by Gasteiger charge is -2.37. The van der Waals surface area contributed by atoms with Crippen LogP contribution in [0.5, 0.6) is 0 Å². The number of hydrogen-bond acceptors (Lipinski definition) is 7. The van der Waals surface area contributed by atoms with Gasteiger partial charge in [-0.25, -0.2) is 19.6 Å². The molecule has 1 aliphatic heterocycles. The summed E-state index contributed by atoms with van der Waals surface area (Å²) in [5.41, 5.74) is -0.895. The highest BCUT2D eigenvalue weighted by molar-refractivity contribution is 5.73. The predicted octanol–water partition coefficient (Wildman–Crippen LogP) is 4.24. The van der Waals surface area contributed by atoms with Crippen LogP contribution in [0.2, 0.25) is 0 Å². The minimum absolute atomic E-state index is 0.0315. The monoisotopic (exact) mass is 596 g/mol. The fraction of sp³-hybridized carbons (Fsp3) is 0.500. The molecule has 2 aromatic rings. The second kappa shape index (κ2) is 12.7. The Bertz CT molecular complexity index is 1200. The minimum Gasteiger partial charge on any atom is -0.475 e. The third-order valence-corrected chi connectivity index (χ3v) is 6.43. The second-order valence-electron chi connectivity index (χ2n) is 9.53. The van der Waals surface area contributed by atoms with E-state index in [4.69, 9.17) is 9.90 Å². The number of rotatable bonds is 8. The van der Waals surface area contributed by atoms with Gasteiger partial charge in [-0.05, 0) is 56.5 Å². The van der Waals surface area contributed by atoms with Gasteiger partial charge in [-0.3, -0.25) is 0 Å². The Balaban J connectivity index is 0.000000587. The maximum absolute atomic E-state index is 15.4. The van der Waals surface area contributed by atoms with Crippen molar-refractivity contribution in [3.05, 3.63) is 47.5 Å². The lowest BCUT2D eigenvalue weighted by molar-refractivity contribution is -0.192. The zero-order valence-electron chi connectivity index (χ0n) is 21.3. The standard InChI is InChI=1S/C22H26F4N6O2.C2HF3O2/c23-17-18(28-12-21(31-20(33)34)7-9-27-10-8-21)29-13-30-19(17)32(16-5-6-16)11-14-1-3-15(4-2-14)22(24,25)26;3-2(4,5)1(6)7/h1-4,13,16,27,31H,5-12H2,(H,33,34)(H,28,29,30);(H,6,7). The van der Waals surface area contributed by atoms with Gasteiger partial charge in [0.1, 0.15) is 6.33 Å².